The molecule has 2 heterocycles. The van der Waals surface area contributed by atoms with Gasteiger partial charge in [0.15, 0.2) is 11.8 Å². The van der Waals surface area contributed by atoms with E-state index in [1.54, 1.807) is 13.8 Å². The predicted octanol–water partition coefficient (Wildman–Crippen LogP) is -1.16. The average molecular weight is 1020 g/mol. The minimum atomic E-state index is -4.53. The van der Waals surface area contributed by atoms with Crippen molar-refractivity contribution >= 4 is 75.2 Å². The number of benzene rings is 2. The second-order valence-corrected chi connectivity index (χ2v) is 17.9. The number of hydrogen-bond acceptors (Lipinski definition) is 15. The molecule has 7 amide bonds. The first-order chi connectivity index (χ1) is 33.9. The number of aliphatic carboxylic acids is 2. The highest BCUT2D eigenvalue weighted by atomic mass is 32.2. The van der Waals surface area contributed by atoms with Crippen molar-refractivity contribution in [2.45, 2.75) is 88.2 Å². The predicted molar refractivity (Wildman–Crippen MR) is 252 cm³/mol. The quantitative estimate of drug-likeness (QED) is 0.0235. The molecule has 2 aromatic carbocycles. The molecule has 386 valence electrons. The van der Waals surface area contributed by atoms with Gasteiger partial charge >= 0.3 is 11.9 Å². The molecule has 4 atom stereocenters. The van der Waals surface area contributed by atoms with Gasteiger partial charge in [0.1, 0.15) is 24.2 Å². The summed E-state index contributed by atoms with van der Waals surface area (Å²) >= 11 is 0. The maximum atomic E-state index is 14.1. The number of carboxylic acids is 2. The standard InChI is InChI=1S/C44H55N13O14S/c1-23(2)37-43(68)57(3)31(8-6-12-47-44(45)46)42(67)51-22-34(58)53-29(16-35(59)60)40(65)49-18-24-13-25(15-28(14-24)39(64)55-37)19-50-41(66)30(17-36(61)62)54-38(63)27-10-11-33(48-20-27)56-52-21-26-7-4-5-9-32(26)72(69,70)71/h4-5,7,9-11,13-15,20,23,29-31,37H,6,8,12,16-19,21-22H2,1-3H3,(H,49,65)(H,50,66)(H,51,67)(H,53,58)(H,54,63)(H,55,64)(H,59,60)(H,61,62)(H4,45,46,47)(H,69,70,71)/t29-,30-,31-,37+/m0/s1. The molecule has 0 fully saturated rings. The van der Waals surface area contributed by atoms with Crippen molar-refractivity contribution in [1.82, 2.24) is 41.8 Å². The number of amides is 7. The molecule has 0 aliphatic carbocycles. The molecule has 13 N–H and O–H groups in total. The van der Waals surface area contributed by atoms with Gasteiger partial charge < -0.3 is 58.5 Å². The Morgan fingerprint density at radius 1 is 0.931 bits per heavy atom. The summed E-state index contributed by atoms with van der Waals surface area (Å²) in [7, 11) is -3.20. The number of carbonyl (C=O) groups is 9. The Hall–Kier alpha value is -8.40. The molecule has 0 saturated carbocycles. The number of pyridine rings is 1. The minimum absolute atomic E-state index is 0.00826. The average Bonchev–Trinajstić information content (AvgIpc) is 3.31. The lowest BCUT2D eigenvalue weighted by Crippen LogP contribution is -2.57. The van der Waals surface area contributed by atoms with E-state index in [1.165, 1.54) is 61.6 Å². The number of azo groups is 1. The fraction of sp³-hybridized carbons (Fsp3) is 0.386. The van der Waals surface area contributed by atoms with E-state index in [-0.39, 0.29) is 77.0 Å². The SMILES string of the molecule is CC(C)[C@H]1NC(=O)c2cc(cc(CNC(=O)[C@H](CC(=O)O)NC(=O)c3ccc(N=NCc4ccccc4S(=O)(=O)O)nc3)c2)CNC(=O)[C@H](CC(=O)O)NC(=O)CNC(=O)[C@H](CCCN=C(N)N)N(C)C1=O. The van der Waals surface area contributed by atoms with E-state index in [2.05, 4.69) is 52.1 Å². The number of carboxylic acid groups (broad SMARTS) is 2. The molecule has 28 heteroatoms. The summed E-state index contributed by atoms with van der Waals surface area (Å²) in [5.41, 5.74) is 11.2. The second kappa shape index (κ2) is 26.0. The summed E-state index contributed by atoms with van der Waals surface area (Å²) in [5.74, 6) is -9.74. The smallest absolute Gasteiger partial charge is 0.305 e. The van der Waals surface area contributed by atoms with Crippen molar-refractivity contribution in [2.75, 3.05) is 20.1 Å². The van der Waals surface area contributed by atoms with Gasteiger partial charge in [0, 0.05) is 38.4 Å². The van der Waals surface area contributed by atoms with Gasteiger partial charge in [0.25, 0.3) is 21.9 Å². The minimum Gasteiger partial charge on any atom is -0.481 e. The Labute approximate surface area is 411 Å². The van der Waals surface area contributed by atoms with Gasteiger partial charge in [0.2, 0.25) is 29.5 Å². The Kier molecular flexibility index (Phi) is 20.3. The first-order valence-corrected chi connectivity index (χ1v) is 23.4. The zero-order valence-electron chi connectivity index (χ0n) is 39.2. The molecule has 1 aliphatic rings. The van der Waals surface area contributed by atoms with Crippen molar-refractivity contribution in [1.29, 1.82) is 0 Å². The summed E-state index contributed by atoms with van der Waals surface area (Å²) in [4.78, 5) is 127. The van der Waals surface area contributed by atoms with Gasteiger partial charge in [-0.05, 0) is 65.8 Å². The van der Waals surface area contributed by atoms with E-state index in [9.17, 15) is 66.3 Å². The Balaban J connectivity index is 1.59. The van der Waals surface area contributed by atoms with Gasteiger partial charge in [-0.1, -0.05) is 38.1 Å². The molecule has 0 spiro atoms. The van der Waals surface area contributed by atoms with Gasteiger partial charge in [-0.15, -0.1) is 5.11 Å². The number of carbonyl (C=O) groups excluding carboxylic acids is 7. The van der Waals surface area contributed by atoms with Crippen molar-refractivity contribution in [3.63, 3.8) is 0 Å². The van der Waals surface area contributed by atoms with Crippen molar-refractivity contribution in [2.24, 2.45) is 32.6 Å². The van der Waals surface area contributed by atoms with Crippen molar-refractivity contribution < 1.29 is 66.3 Å². The van der Waals surface area contributed by atoms with Gasteiger partial charge in [-0.25, -0.2) is 4.98 Å². The molecule has 72 heavy (non-hydrogen) atoms. The first-order valence-electron chi connectivity index (χ1n) is 21.9. The molecule has 0 saturated heterocycles. The Morgan fingerprint density at radius 3 is 2.28 bits per heavy atom. The van der Waals surface area contributed by atoms with E-state index in [4.69, 9.17) is 11.5 Å². The summed E-state index contributed by atoms with van der Waals surface area (Å²) in [6.07, 6.45) is -0.496. The van der Waals surface area contributed by atoms with E-state index in [0.29, 0.717) is 0 Å². The lowest BCUT2D eigenvalue weighted by Gasteiger charge is -2.32. The molecular weight excluding hydrogens is 967 g/mol. The number of likely N-dealkylation sites (N-methyl/N-ethyl adjacent to an activating group) is 1. The van der Waals surface area contributed by atoms with Crippen LogP contribution in [0.5, 0.6) is 0 Å². The third kappa shape index (κ3) is 17.2. The summed E-state index contributed by atoms with van der Waals surface area (Å²) in [6, 6.07) is 6.45. The Morgan fingerprint density at radius 2 is 1.64 bits per heavy atom. The molecule has 2 bridgehead atoms. The van der Waals surface area contributed by atoms with Crippen LogP contribution >= 0.6 is 0 Å². The Bertz CT molecular complexity index is 2710. The molecule has 4 rings (SSSR count). The summed E-state index contributed by atoms with van der Waals surface area (Å²) in [6.45, 7) is 1.64. The monoisotopic (exact) mass is 1020 g/mol. The van der Waals surface area contributed by atoms with Gasteiger partial charge in [-0.3, -0.25) is 52.7 Å². The van der Waals surface area contributed by atoms with Crippen LogP contribution in [-0.4, -0.2) is 137 Å². The summed E-state index contributed by atoms with van der Waals surface area (Å²) in [5, 5.41) is 41.7. The number of nitrogens with zero attached hydrogens (tertiary/aromatic N) is 5. The normalized spacial score (nSPS) is 17.6. The highest BCUT2D eigenvalue weighted by Crippen LogP contribution is 2.19. The van der Waals surface area contributed by atoms with Crippen LogP contribution in [0.3, 0.4) is 0 Å². The fourth-order valence-electron chi connectivity index (χ4n) is 7.02. The van der Waals surface area contributed by atoms with Gasteiger partial charge in [0.05, 0.1) is 36.4 Å². The molecule has 0 unspecified atom stereocenters. The molecule has 1 aliphatic heterocycles. The van der Waals surface area contributed by atoms with E-state index < -0.39 is 119 Å². The molecule has 3 aromatic rings. The highest BCUT2D eigenvalue weighted by molar-refractivity contribution is 7.85. The lowest BCUT2D eigenvalue weighted by atomic mass is 9.99. The van der Waals surface area contributed by atoms with E-state index in [1.807, 2.05) is 0 Å². The number of nitrogens with two attached hydrogens (primary N) is 2. The largest absolute Gasteiger partial charge is 0.481 e. The van der Waals surface area contributed by atoms with Crippen LogP contribution in [0.2, 0.25) is 0 Å². The van der Waals surface area contributed by atoms with Crippen LogP contribution in [0.15, 0.2) is 80.9 Å². The first kappa shape index (κ1) is 56.2. The molecular formula is C44H55N13O14S. The number of guanidine groups is 1. The van der Waals surface area contributed by atoms with Crippen LogP contribution in [0.4, 0.5) is 5.82 Å². The zero-order valence-corrected chi connectivity index (χ0v) is 40.0. The van der Waals surface area contributed by atoms with E-state index >= 15 is 0 Å². The van der Waals surface area contributed by atoms with E-state index in [0.717, 1.165) is 11.1 Å². The van der Waals surface area contributed by atoms with Crippen LogP contribution in [-0.2, 0) is 63.3 Å². The third-order valence-corrected chi connectivity index (χ3v) is 11.6. The van der Waals surface area contributed by atoms with Crippen LogP contribution < -0.4 is 43.4 Å². The molecule has 27 nitrogen and oxygen atoms in total. The highest BCUT2D eigenvalue weighted by Gasteiger charge is 2.35. The van der Waals surface area contributed by atoms with Crippen LogP contribution in [0.1, 0.15) is 76.9 Å². The summed E-state index contributed by atoms with van der Waals surface area (Å²) < 4.78 is 32.8. The maximum absolute atomic E-state index is 14.1. The van der Waals surface area contributed by atoms with Crippen LogP contribution in [0, 0.1) is 5.92 Å². The van der Waals surface area contributed by atoms with Gasteiger partial charge in [-0.2, -0.15) is 13.5 Å². The number of aromatic nitrogens is 1. The van der Waals surface area contributed by atoms with Crippen LogP contribution in [0.25, 0.3) is 0 Å². The molecule has 0 radical (unpaired) electrons. The fourth-order valence-corrected chi connectivity index (χ4v) is 7.73. The maximum Gasteiger partial charge on any atom is 0.305 e. The number of aliphatic imine (C=N–C) groups is 1. The van der Waals surface area contributed by atoms with Crippen molar-refractivity contribution in [3.05, 3.63) is 88.6 Å². The number of rotatable bonds is 18. The second-order valence-electron chi connectivity index (χ2n) is 16.5. The molecule has 1 aromatic heterocycles. The lowest BCUT2D eigenvalue weighted by molar-refractivity contribution is -0.142. The number of fused-ring (bicyclic) bond motifs is 2. The number of hydrogen-bond donors (Lipinski definition) is 11. The topological polar surface area (TPSA) is 426 Å². The zero-order chi connectivity index (χ0) is 53.3. The third-order valence-electron chi connectivity index (χ3n) is 10.6. The van der Waals surface area contributed by atoms with Crippen molar-refractivity contribution in [3.8, 4) is 0 Å². The number of nitrogens with one attached hydrogen (secondary N) is 6.